The predicted molar refractivity (Wildman–Crippen MR) is 109 cm³/mol. The van der Waals surface area contributed by atoms with Crippen LogP contribution in [-0.2, 0) is 11.3 Å². The number of amides is 1. The molecule has 0 bridgehead atoms. The molecule has 0 aliphatic rings. The Labute approximate surface area is 165 Å². The molecule has 6 heteroatoms. The number of rotatable bonds is 9. The van der Waals surface area contributed by atoms with Crippen LogP contribution in [0.5, 0.6) is 17.2 Å². The Bertz CT molecular complexity index is 746. The Morgan fingerprint density at radius 3 is 2.30 bits per heavy atom. The van der Waals surface area contributed by atoms with E-state index in [0.717, 1.165) is 16.2 Å². The molecule has 0 saturated carbocycles. The molecule has 2 aromatic rings. The molecule has 0 saturated heterocycles. The van der Waals surface area contributed by atoms with Crippen molar-refractivity contribution in [3.05, 3.63) is 48.0 Å². The van der Waals surface area contributed by atoms with E-state index in [1.165, 1.54) is 11.8 Å². The molecule has 0 unspecified atom stereocenters. The van der Waals surface area contributed by atoms with Crippen molar-refractivity contribution < 1.29 is 19.0 Å². The summed E-state index contributed by atoms with van der Waals surface area (Å²) in [5.41, 5.74) is 0.956. The fraction of sp³-hybridized carbons (Fsp3) is 0.381. The van der Waals surface area contributed by atoms with Crippen molar-refractivity contribution >= 4 is 17.7 Å². The molecular formula is C21H27NO4S. The second-order valence-electron chi connectivity index (χ2n) is 6.31. The fourth-order valence-corrected chi connectivity index (χ4v) is 3.31. The van der Waals surface area contributed by atoms with E-state index in [1.807, 2.05) is 63.2 Å². The Kier molecular flexibility index (Phi) is 7.85. The lowest BCUT2D eigenvalue weighted by Gasteiger charge is -2.15. The van der Waals surface area contributed by atoms with Crippen LogP contribution in [0.15, 0.2) is 47.4 Å². The zero-order valence-electron chi connectivity index (χ0n) is 16.4. The molecule has 0 spiro atoms. The quantitative estimate of drug-likeness (QED) is 0.649. The van der Waals surface area contributed by atoms with E-state index < -0.39 is 0 Å². The molecule has 1 atom stereocenters. The molecule has 0 aromatic heterocycles. The second kappa shape index (κ2) is 10.1. The maximum atomic E-state index is 12.4. The molecular weight excluding hydrogens is 362 g/mol. The van der Waals surface area contributed by atoms with E-state index in [2.05, 4.69) is 5.32 Å². The highest BCUT2D eigenvalue weighted by atomic mass is 32.2. The largest absolute Gasteiger partial charge is 0.497 e. The van der Waals surface area contributed by atoms with E-state index in [9.17, 15) is 4.79 Å². The number of methoxy groups -OCH3 is 2. The smallest absolute Gasteiger partial charge is 0.233 e. The van der Waals surface area contributed by atoms with E-state index in [1.54, 1.807) is 14.2 Å². The molecule has 146 valence electrons. The van der Waals surface area contributed by atoms with Gasteiger partial charge in [-0.25, -0.2) is 0 Å². The van der Waals surface area contributed by atoms with Gasteiger partial charge in [0.05, 0.1) is 25.6 Å². The number of hydrogen-bond donors (Lipinski definition) is 1. The van der Waals surface area contributed by atoms with E-state index >= 15 is 0 Å². The van der Waals surface area contributed by atoms with Gasteiger partial charge in [0, 0.05) is 11.4 Å². The van der Waals surface area contributed by atoms with Crippen LogP contribution >= 0.6 is 11.8 Å². The maximum Gasteiger partial charge on any atom is 0.233 e. The van der Waals surface area contributed by atoms with Crippen molar-refractivity contribution in [2.45, 2.75) is 43.6 Å². The van der Waals surface area contributed by atoms with Crippen LogP contribution in [0, 0.1) is 0 Å². The van der Waals surface area contributed by atoms with Gasteiger partial charge in [0.1, 0.15) is 5.75 Å². The van der Waals surface area contributed by atoms with Crippen LogP contribution in [0.1, 0.15) is 26.3 Å². The molecule has 1 N–H and O–H groups in total. The number of carbonyl (C=O) groups is 1. The van der Waals surface area contributed by atoms with Crippen molar-refractivity contribution in [2.24, 2.45) is 0 Å². The van der Waals surface area contributed by atoms with Crippen LogP contribution < -0.4 is 19.5 Å². The first-order valence-electron chi connectivity index (χ1n) is 8.85. The summed E-state index contributed by atoms with van der Waals surface area (Å²) < 4.78 is 16.3. The van der Waals surface area contributed by atoms with Gasteiger partial charge >= 0.3 is 0 Å². The summed E-state index contributed by atoms with van der Waals surface area (Å²) in [5, 5.41) is 2.77. The number of nitrogens with one attached hydrogen (secondary N) is 1. The normalized spacial score (nSPS) is 11.8. The highest BCUT2D eigenvalue weighted by molar-refractivity contribution is 8.00. The van der Waals surface area contributed by atoms with Gasteiger partial charge in [-0.15, -0.1) is 11.8 Å². The highest BCUT2D eigenvalue weighted by Gasteiger charge is 2.15. The third-order valence-electron chi connectivity index (χ3n) is 3.80. The highest BCUT2D eigenvalue weighted by Crippen LogP contribution is 2.29. The molecule has 0 heterocycles. The minimum absolute atomic E-state index is 0.0164. The Morgan fingerprint density at radius 2 is 1.70 bits per heavy atom. The summed E-state index contributed by atoms with van der Waals surface area (Å²) in [6.07, 6.45) is 0.0697. The molecule has 0 aliphatic heterocycles. The summed E-state index contributed by atoms with van der Waals surface area (Å²) in [4.78, 5) is 13.4. The van der Waals surface area contributed by atoms with E-state index in [-0.39, 0.29) is 17.3 Å². The average molecular weight is 390 g/mol. The molecule has 27 heavy (non-hydrogen) atoms. The van der Waals surface area contributed by atoms with Gasteiger partial charge in [-0.05, 0) is 62.7 Å². The van der Waals surface area contributed by atoms with Crippen molar-refractivity contribution in [3.8, 4) is 17.2 Å². The van der Waals surface area contributed by atoms with Crippen molar-refractivity contribution in [1.82, 2.24) is 5.32 Å². The number of ether oxygens (including phenoxy) is 3. The SMILES string of the molecule is COc1ccc(S[C@H](C)C(=O)NCc2ccc(OC(C)C)c(OC)c2)cc1. The van der Waals surface area contributed by atoms with Crippen molar-refractivity contribution in [2.75, 3.05) is 14.2 Å². The summed E-state index contributed by atoms with van der Waals surface area (Å²) in [6.45, 7) is 6.26. The third kappa shape index (κ3) is 6.40. The topological polar surface area (TPSA) is 56.8 Å². The van der Waals surface area contributed by atoms with Crippen LogP contribution in [0.3, 0.4) is 0 Å². The van der Waals surface area contributed by atoms with Crippen molar-refractivity contribution in [1.29, 1.82) is 0 Å². The Morgan fingerprint density at radius 1 is 1.00 bits per heavy atom. The summed E-state index contributed by atoms with van der Waals surface area (Å²) in [7, 11) is 3.24. The minimum Gasteiger partial charge on any atom is -0.497 e. The molecule has 0 aliphatic carbocycles. The van der Waals surface area contributed by atoms with Crippen molar-refractivity contribution in [3.63, 3.8) is 0 Å². The van der Waals surface area contributed by atoms with Gasteiger partial charge in [-0.3, -0.25) is 4.79 Å². The molecule has 2 aromatic carbocycles. The van der Waals surface area contributed by atoms with Crippen LogP contribution in [0.25, 0.3) is 0 Å². The summed E-state index contributed by atoms with van der Waals surface area (Å²) >= 11 is 1.51. The third-order valence-corrected chi connectivity index (χ3v) is 4.91. The standard InChI is InChI=1S/C21H27NO4S/c1-14(2)26-19-11-6-16(12-20(19)25-5)13-22-21(23)15(3)27-18-9-7-17(24-4)8-10-18/h6-12,14-15H,13H2,1-5H3,(H,22,23)/t15-/m1/s1. The van der Waals surface area contributed by atoms with Gasteiger partial charge in [-0.1, -0.05) is 6.07 Å². The van der Waals surface area contributed by atoms with Crippen LogP contribution in [0.2, 0.25) is 0 Å². The van der Waals surface area contributed by atoms with Gasteiger partial charge in [0.2, 0.25) is 5.91 Å². The molecule has 5 nitrogen and oxygen atoms in total. The second-order valence-corrected chi connectivity index (χ2v) is 7.72. The number of hydrogen-bond acceptors (Lipinski definition) is 5. The predicted octanol–water partition coefficient (Wildman–Crippen LogP) is 4.29. The lowest BCUT2D eigenvalue weighted by molar-refractivity contribution is -0.120. The minimum atomic E-state index is -0.205. The van der Waals surface area contributed by atoms with Gasteiger partial charge in [0.25, 0.3) is 0 Å². The van der Waals surface area contributed by atoms with E-state index in [0.29, 0.717) is 18.0 Å². The van der Waals surface area contributed by atoms with Crippen LogP contribution in [0.4, 0.5) is 0 Å². The first-order valence-corrected chi connectivity index (χ1v) is 9.73. The first-order chi connectivity index (χ1) is 12.9. The lowest BCUT2D eigenvalue weighted by atomic mass is 10.2. The molecule has 0 fully saturated rings. The van der Waals surface area contributed by atoms with E-state index in [4.69, 9.17) is 14.2 Å². The summed E-state index contributed by atoms with van der Waals surface area (Å²) in [5.74, 6) is 2.15. The summed E-state index contributed by atoms with van der Waals surface area (Å²) in [6, 6.07) is 13.4. The molecule has 2 rings (SSSR count). The maximum absolute atomic E-state index is 12.4. The lowest BCUT2D eigenvalue weighted by Crippen LogP contribution is -2.30. The Hall–Kier alpha value is -2.34. The zero-order valence-corrected chi connectivity index (χ0v) is 17.3. The fourth-order valence-electron chi connectivity index (χ4n) is 2.42. The van der Waals surface area contributed by atoms with Gasteiger partial charge < -0.3 is 19.5 Å². The van der Waals surface area contributed by atoms with Gasteiger partial charge in [-0.2, -0.15) is 0 Å². The number of carbonyl (C=O) groups excluding carboxylic acids is 1. The van der Waals surface area contributed by atoms with Crippen LogP contribution in [-0.4, -0.2) is 31.5 Å². The number of benzene rings is 2. The average Bonchev–Trinajstić information content (AvgIpc) is 2.67. The monoisotopic (exact) mass is 389 g/mol. The molecule has 0 radical (unpaired) electrons. The first kappa shape index (κ1) is 21.0. The number of thioether (sulfide) groups is 1. The Balaban J connectivity index is 1.91. The molecule has 1 amide bonds. The zero-order chi connectivity index (χ0) is 19.8. The van der Waals surface area contributed by atoms with Gasteiger partial charge in [0.15, 0.2) is 11.5 Å².